The van der Waals surface area contributed by atoms with Gasteiger partial charge in [0.1, 0.15) is 5.69 Å². The van der Waals surface area contributed by atoms with E-state index in [0.29, 0.717) is 5.75 Å². The van der Waals surface area contributed by atoms with Crippen LogP contribution in [0.15, 0.2) is 5.38 Å². The van der Waals surface area contributed by atoms with Crippen molar-refractivity contribution < 1.29 is 18.9 Å². The SMILES string of the molecule is CC(CS(C)=O)NC(=O)c1csc(C(=O)O)n1. The molecule has 2 unspecified atom stereocenters. The zero-order chi connectivity index (χ0) is 13.0. The van der Waals surface area contributed by atoms with Gasteiger partial charge in [-0.05, 0) is 6.92 Å². The second kappa shape index (κ2) is 5.87. The number of carboxylic acids is 1. The molecule has 0 saturated carbocycles. The number of nitrogens with zero attached hydrogens (tertiary/aromatic N) is 1. The number of rotatable bonds is 5. The molecule has 1 heterocycles. The van der Waals surface area contributed by atoms with E-state index in [9.17, 15) is 13.8 Å². The van der Waals surface area contributed by atoms with E-state index >= 15 is 0 Å². The summed E-state index contributed by atoms with van der Waals surface area (Å²) in [7, 11) is -0.997. The normalized spacial score (nSPS) is 14.0. The second-order valence-corrected chi connectivity index (χ2v) is 5.80. The van der Waals surface area contributed by atoms with E-state index in [-0.39, 0.29) is 16.7 Å². The average Bonchev–Trinajstić information content (AvgIpc) is 2.64. The van der Waals surface area contributed by atoms with Gasteiger partial charge in [-0.3, -0.25) is 9.00 Å². The zero-order valence-corrected chi connectivity index (χ0v) is 10.9. The lowest BCUT2D eigenvalue weighted by Gasteiger charge is -2.10. The molecule has 0 radical (unpaired) electrons. The highest BCUT2D eigenvalue weighted by atomic mass is 32.2. The molecular weight excluding hydrogens is 264 g/mol. The van der Waals surface area contributed by atoms with Crippen molar-refractivity contribution in [3.8, 4) is 0 Å². The molecular formula is C9H12N2O4S2. The number of aromatic carboxylic acids is 1. The molecule has 0 bridgehead atoms. The van der Waals surface area contributed by atoms with Crippen molar-refractivity contribution in [1.82, 2.24) is 10.3 Å². The van der Waals surface area contributed by atoms with Gasteiger partial charge < -0.3 is 10.4 Å². The van der Waals surface area contributed by atoms with Crippen LogP contribution in [0.3, 0.4) is 0 Å². The van der Waals surface area contributed by atoms with Crippen molar-refractivity contribution in [2.75, 3.05) is 12.0 Å². The number of hydrogen-bond donors (Lipinski definition) is 2. The Morgan fingerprint density at radius 3 is 2.76 bits per heavy atom. The van der Waals surface area contributed by atoms with Crippen molar-refractivity contribution in [1.29, 1.82) is 0 Å². The largest absolute Gasteiger partial charge is 0.476 e. The number of thiazole rings is 1. The first kappa shape index (κ1) is 13.8. The van der Waals surface area contributed by atoms with Crippen LogP contribution in [0.2, 0.25) is 0 Å². The summed E-state index contributed by atoms with van der Waals surface area (Å²) >= 11 is 0.895. The monoisotopic (exact) mass is 276 g/mol. The highest BCUT2D eigenvalue weighted by Crippen LogP contribution is 2.09. The van der Waals surface area contributed by atoms with Gasteiger partial charge in [0.15, 0.2) is 0 Å². The van der Waals surface area contributed by atoms with E-state index in [1.807, 2.05) is 0 Å². The van der Waals surface area contributed by atoms with Crippen LogP contribution in [-0.4, -0.2) is 44.2 Å². The van der Waals surface area contributed by atoms with Crippen LogP contribution < -0.4 is 5.32 Å². The molecule has 1 rings (SSSR count). The molecule has 6 nitrogen and oxygen atoms in total. The van der Waals surface area contributed by atoms with Crippen LogP contribution in [0.5, 0.6) is 0 Å². The molecule has 0 aliphatic heterocycles. The zero-order valence-electron chi connectivity index (χ0n) is 9.30. The number of nitrogens with one attached hydrogen (secondary N) is 1. The smallest absolute Gasteiger partial charge is 0.365 e. The van der Waals surface area contributed by atoms with Crippen molar-refractivity contribution in [2.45, 2.75) is 13.0 Å². The summed E-state index contributed by atoms with van der Waals surface area (Å²) in [6, 6.07) is -0.247. The summed E-state index contributed by atoms with van der Waals surface area (Å²) in [4.78, 5) is 25.9. The van der Waals surface area contributed by atoms with Crippen LogP contribution in [0.1, 0.15) is 27.2 Å². The minimum atomic E-state index is -1.16. The van der Waals surface area contributed by atoms with Gasteiger partial charge in [0.2, 0.25) is 5.01 Å². The highest BCUT2D eigenvalue weighted by molar-refractivity contribution is 7.84. The molecule has 0 fully saturated rings. The Labute approximate surface area is 105 Å². The Hall–Kier alpha value is -1.28. The number of carbonyl (C=O) groups excluding carboxylic acids is 1. The van der Waals surface area contributed by atoms with E-state index in [1.54, 1.807) is 13.2 Å². The number of carboxylic acid groups (broad SMARTS) is 1. The van der Waals surface area contributed by atoms with Crippen LogP contribution in [0, 0.1) is 0 Å². The third-order valence-corrected chi connectivity index (χ3v) is 3.58. The summed E-state index contributed by atoms with van der Waals surface area (Å²) in [5, 5.41) is 12.5. The topological polar surface area (TPSA) is 96.4 Å². The number of carbonyl (C=O) groups is 2. The van der Waals surface area contributed by atoms with Crippen LogP contribution >= 0.6 is 11.3 Å². The number of hydrogen-bond acceptors (Lipinski definition) is 5. The number of amides is 1. The van der Waals surface area contributed by atoms with Gasteiger partial charge in [0, 0.05) is 34.2 Å². The van der Waals surface area contributed by atoms with E-state index in [1.165, 1.54) is 5.38 Å². The molecule has 17 heavy (non-hydrogen) atoms. The second-order valence-electron chi connectivity index (χ2n) is 3.46. The summed E-state index contributed by atoms with van der Waals surface area (Å²) in [5.74, 6) is -1.26. The van der Waals surface area contributed by atoms with Gasteiger partial charge in [0.05, 0.1) is 0 Å². The Bertz CT molecular complexity index is 458. The molecule has 1 aromatic rings. The Balaban J connectivity index is 2.63. The first-order valence-electron chi connectivity index (χ1n) is 4.70. The molecule has 2 N–H and O–H groups in total. The predicted molar refractivity (Wildman–Crippen MR) is 64.9 cm³/mol. The van der Waals surface area contributed by atoms with Gasteiger partial charge in [-0.25, -0.2) is 9.78 Å². The standard InChI is InChI=1S/C9H12N2O4S2/c1-5(4-17(2)15)10-7(12)6-3-16-8(11-6)9(13)14/h3,5H,4H2,1-2H3,(H,10,12)(H,13,14). The Kier molecular flexibility index (Phi) is 4.76. The lowest BCUT2D eigenvalue weighted by atomic mass is 10.3. The molecule has 8 heteroatoms. The molecule has 1 aromatic heterocycles. The van der Waals surface area contributed by atoms with E-state index < -0.39 is 22.7 Å². The number of aromatic nitrogens is 1. The fourth-order valence-electron chi connectivity index (χ4n) is 1.17. The van der Waals surface area contributed by atoms with Crippen molar-refractivity contribution in [2.24, 2.45) is 0 Å². The summed E-state index contributed by atoms with van der Waals surface area (Å²) in [6.45, 7) is 1.73. The molecule has 0 aliphatic carbocycles. The average molecular weight is 276 g/mol. The highest BCUT2D eigenvalue weighted by Gasteiger charge is 2.16. The molecule has 94 valence electrons. The Morgan fingerprint density at radius 1 is 1.65 bits per heavy atom. The van der Waals surface area contributed by atoms with Crippen molar-refractivity contribution >= 4 is 34.0 Å². The first-order chi connectivity index (χ1) is 7.90. The van der Waals surface area contributed by atoms with Crippen molar-refractivity contribution in [3.63, 3.8) is 0 Å². The lowest BCUT2D eigenvalue weighted by molar-refractivity contribution is 0.0696. The quantitative estimate of drug-likeness (QED) is 0.808. The maximum atomic E-state index is 11.6. The minimum Gasteiger partial charge on any atom is -0.476 e. The summed E-state index contributed by atoms with van der Waals surface area (Å²) < 4.78 is 10.9. The molecule has 1 amide bonds. The van der Waals surface area contributed by atoms with Gasteiger partial charge in [-0.1, -0.05) is 0 Å². The fourth-order valence-corrected chi connectivity index (χ4v) is 2.59. The summed E-state index contributed by atoms with van der Waals surface area (Å²) in [5.41, 5.74) is 0.0705. The molecule has 2 atom stereocenters. The van der Waals surface area contributed by atoms with Gasteiger partial charge >= 0.3 is 5.97 Å². The lowest BCUT2D eigenvalue weighted by Crippen LogP contribution is -2.36. The first-order valence-corrected chi connectivity index (χ1v) is 7.30. The molecule has 0 saturated heterocycles. The minimum absolute atomic E-state index is 0.0705. The van der Waals surface area contributed by atoms with Gasteiger partial charge in [-0.15, -0.1) is 11.3 Å². The summed E-state index contributed by atoms with van der Waals surface area (Å²) in [6.07, 6.45) is 1.55. The van der Waals surface area contributed by atoms with Crippen LogP contribution in [-0.2, 0) is 10.8 Å². The molecule has 0 aromatic carbocycles. The maximum absolute atomic E-state index is 11.6. The maximum Gasteiger partial charge on any atom is 0.365 e. The van der Waals surface area contributed by atoms with Crippen LogP contribution in [0.25, 0.3) is 0 Å². The molecule has 0 aliphatic rings. The van der Waals surface area contributed by atoms with E-state index in [0.717, 1.165) is 11.3 Å². The van der Waals surface area contributed by atoms with Crippen molar-refractivity contribution in [3.05, 3.63) is 16.1 Å². The van der Waals surface area contributed by atoms with Gasteiger partial charge in [0.25, 0.3) is 5.91 Å². The fraction of sp³-hybridized carbons (Fsp3) is 0.444. The van der Waals surface area contributed by atoms with Gasteiger partial charge in [-0.2, -0.15) is 0 Å². The Morgan fingerprint density at radius 2 is 2.29 bits per heavy atom. The van der Waals surface area contributed by atoms with E-state index in [2.05, 4.69) is 10.3 Å². The van der Waals surface area contributed by atoms with Crippen LogP contribution in [0.4, 0.5) is 0 Å². The molecule has 0 spiro atoms. The third-order valence-electron chi connectivity index (χ3n) is 1.78. The predicted octanol–water partition coefficient (Wildman–Crippen LogP) is 0.338. The van der Waals surface area contributed by atoms with E-state index in [4.69, 9.17) is 5.11 Å². The third kappa shape index (κ3) is 4.23.